The van der Waals surface area contributed by atoms with Crippen LogP contribution in [0.2, 0.25) is 0 Å². The van der Waals surface area contributed by atoms with Crippen LogP contribution in [-0.2, 0) is 16.1 Å². The number of ether oxygens (including phenoxy) is 2. The summed E-state index contributed by atoms with van der Waals surface area (Å²) in [6.07, 6.45) is 0. The van der Waals surface area contributed by atoms with Gasteiger partial charge in [-0.05, 0) is 12.0 Å². The van der Waals surface area contributed by atoms with Crippen LogP contribution < -0.4 is 4.74 Å². The molecule has 0 aromatic heterocycles. The highest BCUT2D eigenvalue weighted by Crippen LogP contribution is 2.26. The standard InChI is InChI=1S/C15H20FNO3/c1-10-7-17(9-13(10)15(18)20-3)8-11-4-5-12(19-2)6-14(11)16/h4-6,10,13H,7-9H2,1-3H3. The molecule has 0 N–H and O–H groups in total. The predicted octanol–water partition coefficient (Wildman–Crippen LogP) is 2.08. The van der Waals surface area contributed by atoms with Crippen molar-refractivity contribution in [3.05, 3.63) is 29.6 Å². The van der Waals surface area contributed by atoms with Gasteiger partial charge >= 0.3 is 5.97 Å². The maximum absolute atomic E-state index is 13.9. The third kappa shape index (κ3) is 3.10. The topological polar surface area (TPSA) is 38.8 Å². The first-order valence-corrected chi connectivity index (χ1v) is 6.67. The van der Waals surface area contributed by atoms with Gasteiger partial charge in [-0.2, -0.15) is 0 Å². The number of likely N-dealkylation sites (tertiary alicyclic amines) is 1. The molecular weight excluding hydrogens is 261 g/mol. The van der Waals surface area contributed by atoms with Crippen molar-refractivity contribution < 1.29 is 18.7 Å². The molecule has 110 valence electrons. The lowest BCUT2D eigenvalue weighted by Crippen LogP contribution is -2.24. The Morgan fingerprint density at radius 3 is 2.75 bits per heavy atom. The van der Waals surface area contributed by atoms with E-state index < -0.39 is 0 Å². The van der Waals surface area contributed by atoms with Crippen molar-refractivity contribution in [1.29, 1.82) is 0 Å². The maximum Gasteiger partial charge on any atom is 0.310 e. The number of carbonyl (C=O) groups is 1. The highest BCUT2D eigenvalue weighted by Gasteiger charge is 2.35. The van der Waals surface area contributed by atoms with Gasteiger partial charge in [0.05, 0.1) is 20.1 Å². The second kappa shape index (κ2) is 6.22. The van der Waals surface area contributed by atoms with Crippen LogP contribution in [0, 0.1) is 17.7 Å². The van der Waals surface area contributed by atoms with Crippen LogP contribution in [0.15, 0.2) is 18.2 Å². The van der Waals surface area contributed by atoms with Gasteiger partial charge in [0.25, 0.3) is 0 Å². The van der Waals surface area contributed by atoms with Crippen LogP contribution >= 0.6 is 0 Å². The van der Waals surface area contributed by atoms with Gasteiger partial charge in [-0.25, -0.2) is 4.39 Å². The normalized spacial score (nSPS) is 22.8. The number of nitrogens with zero attached hydrogens (tertiary/aromatic N) is 1. The molecule has 0 aliphatic carbocycles. The summed E-state index contributed by atoms with van der Waals surface area (Å²) in [6.45, 7) is 3.89. The average molecular weight is 281 g/mol. The van der Waals surface area contributed by atoms with Crippen molar-refractivity contribution in [3.8, 4) is 5.75 Å². The number of esters is 1. The largest absolute Gasteiger partial charge is 0.497 e. The molecule has 0 radical (unpaired) electrons. The highest BCUT2D eigenvalue weighted by atomic mass is 19.1. The minimum absolute atomic E-state index is 0.124. The van der Waals surface area contributed by atoms with E-state index in [1.807, 2.05) is 6.92 Å². The Hall–Kier alpha value is -1.62. The summed E-state index contributed by atoms with van der Waals surface area (Å²) in [4.78, 5) is 13.7. The van der Waals surface area contributed by atoms with Crippen LogP contribution in [0.1, 0.15) is 12.5 Å². The number of hydrogen-bond donors (Lipinski definition) is 0. The van der Waals surface area contributed by atoms with E-state index >= 15 is 0 Å². The zero-order chi connectivity index (χ0) is 14.7. The molecule has 1 saturated heterocycles. The van der Waals surface area contributed by atoms with Crippen molar-refractivity contribution in [2.45, 2.75) is 13.5 Å². The fraction of sp³-hybridized carbons (Fsp3) is 0.533. The van der Waals surface area contributed by atoms with Gasteiger partial charge in [0.15, 0.2) is 0 Å². The van der Waals surface area contributed by atoms with E-state index in [4.69, 9.17) is 9.47 Å². The Morgan fingerprint density at radius 1 is 1.40 bits per heavy atom. The predicted molar refractivity (Wildman–Crippen MR) is 72.9 cm³/mol. The third-order valence-corrected chi connectivity index (χ3v) is 3.85. The minimum atomic E-state index is -0.279. The fourth-order valence-electron chi connectivity index (χ4n) is 2.68. The molecule has 1 heterocycles. The molecule has 0 amide bonds. The molecular formula is C15H20FNO3. The molecule has 5 heteroatoms. The van der Waals surface area contributed by atoms with Crippen molar-refractivity contribution in [1.82, 2.24) is 4.90 Å². The molecule has 2 unspecified atom stereocenters. The van der Waals surface area contributed by atoms with Crippen LogP contribution in [0.25, 0.3) is 0 Å². The first-order chi connectivity index (χ1) is 9.55. The van der Waals surface area contributed by atoms with Gasteiger partial charge < -0.3 is 9.47 Å². The molecule has 1 fully saturated rings. The van der Waals surface area contributed by atoms with Crippen LogP contribution in [0.5, 0.6) is 5.75 Å². The van der Waals surface area contributed by atoms with Gasteiger partial charge in [0.2, 0.25) is 0 Å². The Morgan fingerprint density at radius 2 is 2.15 bits per heavy atom. The number of benzene rings is 1. The maximum atomic E-state index is 13.9. The van der Waals surface area contributed by atoms with E-state index in [1.54, 1.807) is 12.1 Å². The van der Waals surface area contributed by atoms with E-state index in [1.165, 1.54) is 20.3 Å². The Balaban J connectivity index is 2.03. The molecule has 0 bridgehead atoms. The van der Waals surface area contributed by atoms with E-state index in [-0.39, 0.29) is 23.6 Å². The Kier molecular flexibility index (Phi) is 4.60. The summed E-state index contributed by atoms with van der Waals surface area (Å²) in [5, 5.41) is 0. The Labute approximate surface area is 118 Å². The van der Waals surface area contributed by atoms with Crippen molar-refractivity contribution in [3.63, 3.8) is 0 Å². The smallest absolute Gasteiger partial charge is 0.310 e. The number of carbonyl (C=O) groups excluding carboxylic acids is 1. The van der Waals surface area contributed by atoms with Crippen molar-refractivity contribution in [2.24, 2.45) is 11.8 Å². The summed E-state index contributed by atoms with van der Waals surface area (Å²) in [5.41, 5.74) is 0.614. The van der Waals surface area contributed by atoms with Crippen LogP contribution in [-0.4, -0.2) is 38.2 Å². The zero-order valence-electron chi connectivity index (χ0n) is 12.1. The van der Waals surface area contributed by atoms with Gasteiger partial charge in [-0.3, -0.25) is 9.69 Å². The van der Waals surface area contributed by atoms with E-state index in [9.17, 15) is 9.18 Å². The Bertz CT molecular complexity index is 492. The van der Waals surface area contributed by atoms with E-state index in [0.29, 0.717) is 24.4 Å². The molecule has 0 spiro atoms. The van der Waals surface area contributed by atoms with Gasteiger partial charge in [0.1, 0.15) is 11.6 Å². The van der Waals surface area contributed by atoms with Gasteiger partial charge in [-0.15, -0.1) is 0 Å². The molecule has 1 aliphatic rings. The lowest BCUT2D eigenvalue weighted by molar-refractivity contribution is -0.146. The van der Waals surface area contributed by atoms with Gasteiger partial charge in [0, 0.05) is 31.3 Å². The summed E-state index contributed by atoms with van der Waals surface area (Å²) in [6, 6.07) is 4.85. The number of halogens is 1. The summed E-state index contributed by atoms with van der Waals surface area (Å²) in [7, 11) is 2.92. The number of methoxy groups -OCH3 is 2. The molecule has 2 atom stereocenters. The third-order valence-electron chi connectivity index (χ3n) is 3.85. The fourth-order valence-corrected chi connectivity index (χ4v) is 2.68. The van der Waals surface area contributed by atoms with Crippen molar-refractivity contribution >= 4 is 5.97 Å². The summed E-state index contributed by atoms with van der Waals surface area (Å²) in [5.74, 6) is 0.146. The summed E-state index contributed by atoms with van der Waals surface area (Å²) < 4.78 is 23.7. The van der Waals surface area contributed by atoms with E-state index in [2.05, 4.69) is 4.90 Å². The minimum Gasteiger partial charge on any atom is -0.497 e. The first kappa shape index (κ1) is 14.8. The average Bonchev–Trinajstić information content (AvgIpc) is 2.81. The number of rotatable bonds is 4. The molecule has 1 aromatic carbocycles. The van der Waals surface area contributed by atoms with Crippen LogP contribution in [0.4, 0.5) is 4.39 Å². The summed E-state index contributed by atoms with van der Waals surface area (Å²) >= 11 is 0. The molecule has 1 aromatic rings. The highest BCUT2D eigenvalue weighted by molar-refractivity contribution is 5.73. The zero-order valence-corrected chi connectivity index (χ0v) is 12.1. The van der Waals surface area contributed by atoms with Crippen LogP contribution in [0.3, 0.4) is 0 Å². The molecule has 4 nitrogen and oxygen atoms in total. The molecule has 0 saturated carbocycles. The second-order valence-electron chi connectivity index (χ2n) is 5.26. The lowest BCUT2D eigenvalue weighted by Gasteiger charge is -2.16. The first-order valence-electron chi connectivity index (χ1n) is 6.67. The second-order valence-corrected chi connectivity index (χ2v) is 5.26. The molecule has 2 rings (SSSR count). The van der Waals surface area contributed by atoms with Gasteiger partial charge in [-0.1, -0.05) is 13.0 Å². The monoisotopic (exact) mass is 281 g/mol. The quantitative estimate of drug-likeness (QED) is 0.792. The molecule has 20 heavy (non-hydrogen) atoms. The number of hydrogen-bond acceptors (Lipinski definition) is 4. The lowest BCUT2D eigenvalue weighted by atomic mass is 9.99. The molecule has 1 aliphatic heterocycles. The van der Waals surface area contributed by atoms with E-state index in [0.717, 1.165) is 6.54 Å². The SMILES string of the molecule is COC(=O)C1CN(Cc2ccc(OC)cc2F)CC1C. The van der Waals surface area contributed by atoms with Crippen molar-refractivity contribution in [2.75, 3.05) is 27.3 Å².